The number of benzene rings is 1. The third-order valence-corrected chi connectivity index (χ3v) is 6.96. The first-order valence-corrected chi connectivity index (χ1v) is 9.95. The normalized spacial score (nSPS) is 22.0. The van der Waals surface area contributed by atoms with Gasteiger partial charge in [-0.1, -0.05) is 23.5 Å². The molecule has 27 heavy (non-hydrogen) atoms. The van der Waals surface area contributed by atoms with Crippen LogP contribution in [0.15, 0.2) is 39.9 Å². The van der Waals surface area contributed by atoms with Crippen LogP contribution in [0.25, 0.3) is 10.2 Å². The van der Waals surface area contributed by atoms with E-state index in [1.165, 1.54) is 11.7 Å². The van der Waals surface area contributed by atoms with Crippen LogP contribution in [0.2, 0.25) is 0 Å². The molecule has 4 heterocycles. The van der Waals surface area contributed by atoms with Gasteiger partial charge in [-0.2, -0.15) is 0 Å². The zero-order valence-corrected chi connectivity index (χ0v) is 16.1. The second kappa shape index (κ2) is 5.95. The summed E-state index contributed by atoms with van der Waals surface area (Å²) in [5.74, 6) is 1.77. The van der Waals surface area contributed by atoms with Crippen molar-refractivity contribution in [1.29, 1.82) is 0 Å². The minimum Gasteiger partial charge on any atom is -0.357 e. The SMILES string of the molecule is Cn1c(N2CC3CN(c4nc5ccccc5s4)CC3C2)cc(=O)n(C)c1=O. The maximum Gasteiger partial charge on any atom is 0.332 e. The summed E-state index contributed by atoms with van der Waals surface area (Å²) in [6, 6.07) is 9.83. The average Bonchev–Trinajstić information content (AvgIpc) is 3.34. The first kappa shape index (κ1) is 16.6. The van der Waals surface area contributed by atoms with Gasteiger partial charge in [-0.3, -0.25) is 13.9 Å². The number of fused-ring (bicyclic) bond motifs is 2. The van der Waals surface area contributed by atoms with Gasteiger partial charge in [-0.05, 0) is 12.1 Å². The molecule has 0 radical (unpaired) electrons. The Labute approximate surface area is 160 Å². The molecule has 0 spiro atoms. The Morgan fingerprint density at radius 3 is 2.33 bits per heavy atom. The second-order valence-electron chi connectivity index (χ2n) is 7.54. The van der Waals surface area contributed by atoms with Crippen molar-refractivity contribution in [3.63, 3.8) is 0 Å². The summed E-state index contributed by atoms with van der Waals surface area (Å²) >= 11 is 1.75. The molecule has 0 aliphatic carbocycles. The molecule has 5 rings (SSSR count). The largest absolute Gasteiger partial charge is 0.357 e. The van der Waals surface area contributed by atoms with Crippen molar-refractivity contribution in [2.75, 3.05) is 36.0 Å². The van der Waals surface area contributed by atoms with E-state index < -0.39 is 0 Å². The van der Waals surface area contributed by atoms with E-state index in [2.05, 4.69) is 28.0 Å². The Kier molecular flexibility index (Phi) is 3.65. The highest BCUT2D eigenvalue weighted by molar-refractivity contribution is 7.22. The summed E-state index contributed by atoms with van der Waals surface area (Å²) in [7, 11) is 3.25. The molecular weight excluding hydrogens is 362 g/mol. The van der Waals surface area contributed by atoms with Crippen molar-refractivity contribution in [2.45, 2.75) is 0 Å². The van der Waals surface area contributed by atoms with Crippen molar-refractivity contribution in [2.24, 2.45) is 25.9 Å². The molecule has 0 N–H and O–H groups in total. The zero-order chi connectivity index (χ0) is 18.7. The Morgan fingerprint density at radius 1 is 0.963 bits per heavy atom. The van der Waals surface area contributed by atoms with E-state index in [1.54, 1.807) is 29.0 Å². The molecule has 8 heteroatoms. The molecule has 2 atom stereocenters. The van der Waals surface area contributed by atoms with Crippen LogP contribution >= 0.6 is 11.3 Å². The standard InChI is InChI=1S/C19H21N5O2S/c1-21-16(7-17(25)22(2)19(21)26)23-8-12-10-24(11-13(12)9-23)18-20-14-5-3-4-6-15(14)27-18/h3-7,12-13H,8-11H2,1-2H3. The monoisotopic (exact) mass is 383 g/mol. The van der Waals surface area contributed by atoms with E-state index in [0.717, 1.165) is 47.2 Å². The molecule has 2 saturated heterocycles. The summed E-state index contributed by atoms with van der Waals surface area (Å²) in [6.07, 6.45) is 0. The summed E-state index contributed by atoms with van der Waals surface area (Å²) in [6.45, 7) is 3.68. The van der Waals surface area contributed by atoms with Crippen molar-refractivity contribution < 1.29 is 0 Å². The molecule has 0 saturated carbocycles. The highest BCUT2D eigenvalue weighted by Gasteiger charge is 2.41. The highest BCUT2D eigenvalue weighted by Crippen LogP contribution is 2.38. The first-order chi connectivity index (χ1) is 13.0. The van der Waals surface area contributed by atoms with Crippen LogP contribution < -0.4 is 21.0 Å². The van der Waals surface area contributed by atoms with Crippen LogP contribution in [0.1, 0.15) is 0 Å². The molecule has 2 fully saturated rings. The molecule has 2 unspecified atom stereocenters. The predicted molar refractivity (Wildman–Crippen MR) is 108 cm³/mol. The Morgan fingerprint density at radius 2 is 1.63 bits per heavy atom. The van der Waals surface area contributed by atoms with E-state index in [4.69, 9.17) is 4.98 Å². The molecule has 0 amide bonds. The van der Waals surface area contributed by atoms with Crippen LogP contribution in [-0.4, -0.2) is 40.3 Å². The van der Waals surface area contributed by atoms with Gasteiger partial charge in [-0.15, -0.1) is 0 Å². The summed E-state index contributed by atoms with van der Waals surface area (Å²) < 4.78 is 3.95. The molecular formula is C19H21N5O2S. The van der Waals surface area contributed by atoms with Crippen molar-refractivity contribution in [3.8, 4) is 0 Å². The topological polar surface area (TPSA) is 63.4 Å². The van der Waals surface area contributed by atoms with Gasteiger partial charge in [0.1, 0.15) is 5.82 Å². The maximum atomic E-state index is 12.2. The molecule has 2 aliphatic heterocycles. The fraction of sp³-hybridized carbons (Fsp3) is 0.421. The molecule has 2 aromatic heterocycles. The Hall–Kier alpha value is -2.61. The van der Waals surface area contributed by atoms with Crippen LogP contribution in [-0.2, 0) is 14.1 Å². The summed E-state index contributed by atoms with van der Waals surface area (Å²) in [5, 5.41) is 1.10. The number of rotatable bonds is 2. The number of thiazole rings is 1. The molecule has 2 aliphatic rings. The van der Waals surface area contributed by atoms with E-state index >= 15 is 0 Å². The number of hydrogen-bond donors (Lipinski definition) is 0. The molecule has 3 aromatic rings. The number of hydrogen-bond acceptors (Lipinski definition) is 6. The zero-order valence-electron chi connectivity index (χ0n) is 15.3. The maximum absolute atomic E-state index is 12.2. The number of para-hydroxylation sites is 1. The molecule has 0 bridgehead atoms. The van der Waals surface area contributed by atoms with Gasteiger partial charge >= 0.3 is 5.69 Å². The van der Waals surface area contributed by atoms with Crippen molar-refractivity contribution in [3.05, 3.63) is 51.2 Å². The third kappa shape index (κ3) is 2.58. The van der Waals surface area contributed by atoms with E-state index in [1.807, 2.05) is 6.07 Å². The Balaban J connectivity index is 1.37. The van der Waals surface area contributed by atoms with E-state index in [0.29, 0.717) is 11.8 Å². The fourth-order valence-corrected chi connectivity index (χ4v) is 5.34. The minimum atomic E-state index is -0.273. The lowest BCUT2D eigenvalue weighted by atomic mass is 10.0. The Bertz CT molecular complexity index is 1100. The average molecular weight is 383 g/mol. The predicted octanol–water partition coefficient (Wildman–Crippen LogP) is 1.27. The quantitative estimate of drug-likeness (QED) is 0.667. The van der Waals surface area contributed by atoms with Crippen LogP contribution in [0.4, 0.5) is 10.9 Å². The lowest BCUT2D eigenvalue weighted by molar-refractivity contribution is 0.533. The van der Waals surface area contributed by atoms with Gasteiger partial charge < -0.3 is 9.80 Å². The molecule has 7 nitrogen and oxygen atoms in total. The number of aromatic nitrogens is 3. The van der Waals surface area contributed by atoms with Crippen LogP contribution in [0, 0.1) is 11.8 Å². The van der Waals surface area contributed by atoms with Crippen LogP contribution in [0.5, 0.6) is 0 Å². The third-order valence-electron chi connectivity index (χ3n) is 5.86. The summed E-state index contributed by atoms with van der Waals surface area (Å²) in [5.41, 5.74) is 0.540. The van der Waals surface area contributed by atoms with Gasteiger partial charge in [0.05, 0.1) is 10.2 Å². The van der Waals surface area contributed by atoms with E-state index in [-0.39, 0.29) is 11.2 Å². The van der Waals surface area contributed by atoms with Crippen molar-refractivity contribution >= 4 is 32.5 Å². The molecule has 1 aromatic carbocycles. The van der Waals surface area contributed by atoms with Gasteiger partial charge in [0.15, 0.2) is 5.13 Å². The lowest BCUT2D eigenvalue weighted by Crippen LogP contribution is -2.40. The minimum absolute atomic E-state index is 0.249. The fourth-order valence-electron chi connectivity index (χ4n) is 4.36. The second-order valence-corrected chi connectivity index (χ2v) is 8.54. The van der Waals surface area contributed by atoms with E-state index in [9.17, 15) is 9.59 Å². The highest BCUT2D eigenvalue weighted by atomic mass is 32.1. The lowest BCUT2D eigenvalue weighted by Gasteiger charge is -2.24. The number of anilines is 2. The van der Waals surface area contributed by atoms with Gasteiger partial charge in [-0.25, -0.2) is 9.78 Å². The molecule has 140 valence electrons. The number of nitrogens with zero attached hydrogens (tertiary/aromatic N) is 5. The van der Waals surface area contributed by atoms with Crippen LogP contribution in [0.3, 0.4) is 0 Å². The first-order valence-electron chi connectivity index (χ1n) is 9.14. The summed E-state index contributed by atoms with van der Waals surface area (Å²) in [4.78, 5) is 33.6. The van der Waals surface area contributed by atoms with Crippen molar-refractivity contribution in [1.82, 2.24) is 14.1 Å². The van der Waals surface area contributed by atoms with Gasteiger partial charge in [0.25, 0.3) is 5.56 Å². The van der Waals surface area contributed by atoms with Gasteiger partial charge in [0, 0.05) is 58.2 Å². The van der Waals surface area contributed by atoms with Gasteiger partial charge in [0.2, 0.25) is 0 Å². The smallest absolute Gasteiger partial charge is 0.332 e.